The van der Waals surface area contributed by atoms with E-state index in [1.807, 2.05) is 0 Å². The summed E-state index contributed by atoms with van der Waals surface area (Å²) in [5.74, 6) is -0.759. The molecule has 28 heavy (non-hydrogen) atoms. The highest BCUT2D eigenvalue weighted by molar-refractivity contribution is 6.00. The van der Waals surface area contributed by atoms with Crippen LogP contribution in [0.3, 0.4) is 0 Å². The summed E-state index contributed by atoms with van der Waals surface area (Å²) in [7, 11) is 0. The lowest BCUT2D eigenvalue weighted by atomic mass is 9.96. The number of nitrogens with one attached hydrogen (secondary N) is 2. The number of carbonyl (C=O) groups is 3. The summed E-state index contributed by atoms with van der Waals surface area (Å²) in [6.45, 7) is 10.9. The molecule has 2 heterocycles. The summed E-state index contributed by atoms with van der Waals surface area (Å²) in [6.07, 6.45) is 3.34. The van der Waals surface area contributed by atoms with E-state index in [2.05, 4.69) is 17.2 Å². The number of carbonyl (C=O) groups excluding carboxylic acids is 3. The molecule has 0 aromatic carbocycles. The molecule has 1 fully saturated rings. The van der Waals surface area contributed by atoms with Crippen molar-refractivity contribution >= 4 is 17.8 Å². The number of aryl methyl sites for hydroxylation is 1. The van der Waals surface area contributed by atoms with Gasteiger partial charge in [-0.25, -0.2) is 4.79 Å². The molecule has 7 nitrogen and oxygen atoms in total. The SMILES string of the molecule is CCCCNC(=O)[C@H]1CCCN(C(=O)c2[nH]c(C)c(C(=O)OC(C)C)c2C)C1. The number of ether oxygens (including phenoxy) is 1. The molecule has 156 valence electrons. The van der Waals surface area contributed by atoms with Crippen molar-refractivity contribution in [2.75, 3.05) is 19.6 Å². The predicted molar refractivity (Wildman–Crippen MR) is 107 cm³/mol. The number of hydrogen-bond acceptors (Lipinski definition) is 4. The molecular weight excluding hydrogens is 358 g/mol. The highest BCUT2D eigenvalue weighted by Crippen LogP contribution is 2.24. The molecule has 1 saturated heterocycles. The zero-order valence-electron chi connectivity index (χ0n) is 17.7. The number of unbranched alkanes of at least 4 members (excludes halogenated alkanes) is 1. The van der Waals surface area contributed by atoms with E-state index in [9.17, 15) is 14.4 Å². The van der Waals surface area contributed by atoms with Crippen LogP contribution in [0.4, 0.5) is 0 Å². The Kier molecular flexibility index (Phi) is 7.66. The minimum absolute atomic E-state index is 0.0199. The standard InChI is InChI=1S/C21H33N3O4/c1-6-7-10-22-19(25)16-9-8-11-24(12-16)20(26)18-14(4)17(15(5)23-18)21(27)28-13(2)3/h13,16,23H,6-12H2,1-5H3,(H,22,25)/t16-/m0/s1. The van der Waals surface area contributed by atoms with Gasteiger partial charge in [0.1, 0.15) is 5.69 Å². The van der Waals surface area contributed by atoms with Crippen LogP contribution in [0.2, 0.25) is 0 Å². The number of nitrogens with zero attached hydrogens (tertiary/aromatic N) is 1. The molecule has 0 bridgehead atoms. The summed E-state index contributed by atoms with van der Waals surface area (Å²) >= 11 is 0. The molecule has 1 aromatic rings. The van der Waals surface area contributed by atoms with Crippen molar-refractivity contribution in [2.24, 2.45) is 5.92 Å². The highest BCUT2D eigenvalue weighted by atomic mass is 16.5. The minimum atomic E-state index is -0.424. The van der Waals surface area contributed by atoms with Crippen LogP contribution in [0.15, 0.2) is 0 Å². The second kappa shape index (κ2) is 9.75. The number of likely N-dealkylation sites (tertiary alicyclic amines) is 1. The van der Waals surface area contributed by atoms with Crippen LogP contribution in [0.1, 0.15) is 78.6 Å². The first-order valence-electron chi connectivity index (χ1n) is 10.2. The molecule has 1 atom stereocenters. The van der Waals surface area contributed by atoms with Gasteiger partial charge in [0.25, 0.3) is 5.91 Å². The van der Waals surface area contributed by atoms with E-state index >= 15 is 0 Å². The van der Waals surface area contributed by atoms with E-state index in [1.54, 1.807) is 32.6 Å². The summed E-state index contributed by atoms with van der Waals surface area (Å²) in [5.41, 5.74) is 2.04. The summed E-state index contributed by atoms with van der Waals surface area (Å²) in [6, 6.07) is 0. The van der Waals surface area contributed by atoms with Crippen LogP contribution in [0.5, 0.6) is 0 Å². The van der Waals surface area contributed by atoms with Gasteiger partial charge < -0.3 is 19.9 Å². The Morgan fingerprint density at radius 3 is 2.64 bits per heavy atom. The number of amides is 2. The lowest BCUT2D eigenvalue weighted by molar-refractivity contribution is -0.126. The maximum Gasteiger partial charge on any atom is 0.340 e. The van der Waals surface area contributed by atoms with Crippen molar-refractivity contribution in [3.05, 3.63) is 22.5 Å². The number of aromatic nitrogens is 1. The van der Waals surface area contributed by atoms with Gasteiger partial charge in [-0.05, 0) is 52.5 Å². The Labute approximate surface area is 167 Å². The Morgan fingerprint density at radius 2 is 2.00 bits per heavy atom. The quantitative estimate of drug-likeness (QED) is 0.552. The molecule has 1 aliphatic heterocycles. The second-order valence-electron chi connectivity index (χ2n) is 7.81. The first kappa shape index (κ1) is 22.0. The fourth-order valence-corrected chi connectivity index (χ4v) is 3.61. The number of esters is 1. The third-order valence-corrected chi connectivity index (χ3v) is 5.11. The van der Waals surface area contributed by atoms with Crippen molar-refractivity contribution < 1.29 is 19.1 Å². The van der Waals surface area contributed by atoms with Crippen LogP contribution in [-0.2, 0) is 9.53 Å². The number of piperidine rings is 1. The third kappa shape index (κ3) is 5.14. The Bertz CT molecular complexity index is 723. The smallest absolute Gasteiger partial charge is 0.340 e. The third-order valence-electron chi connectivity index (χ3n) is 5.11. The maximum atomic E-state index is 13.1. The largest absolute Gasteiger partial charge is 0.459 e. The fraction of sp³-hybridized carbons (Fsp3) is 0.667. The van der Waals surface area contributed by atoms with E-state index in [1.165, 1.54) is 0 Å². The van der Waals surface area contributed by atoms with Crippen LogP contribution in [0.25, 0.3) is 0 Å². The van der Waals surface area contributed by atoms with Gasteiger partial charge in [0.15, 0.2) is 0 Å². The number of rotatable bonds is 7. The van der Waals surface area contributed by atoms with Crippen LogP contribution in [-0.4, -0.2) is 53.4 Å². The van der Waals surface area contributed by atoms with Crippen molar-refractivity contribution in [3.63, 3.8) is 0 Å². The van der Waals surface area contributed by atoms with Crippen LogP contribution < -0.4 is 5.32 Å². The molecule has 0 radical (unpaired) electrons. The zero-order chi connectivity index (χ0) is 20.8. The summed E-state index contributed by atoms with van der Waals surface area (Å²) < 4.78 is 5.29. The minimum Gasteiger partial charge on any atom is -0.459 e. The zero-order valence-corrected chi connectivity index (χ0v) is 17.7. The Morgan fingerprint density at radius 1 is 1.29 bits per heavy atom. The monoisotopic (exact) mass is 391 g/mol. The van der Waals surface area contributed by atoms with Crippen molar-refractivity contribution in [3.8, 4) is 0 Å². The normalized spacial score (nSPS) is 16.9. The van der Waals surface area contributed by atoms with E-state index in [0.717, 1.165) is 25.7 Å². The maximum absolute atomic E-state index is 13.1. The predicted octanol–water partition coefficient (Wildman–Crippen LogP) is 2.97. The number of H-pyrrole nitrogens is 1. The lowest BCUT2D eigenvalue weighted by Crippen LogP contribution is -2.45. The molecule has 7 heteroatoms. The first-order chi connectivity index (χ1) is 13.3. The van der Waals surface area contributed by atoms with Gasteiger partial charge in [-0.3, -0.25) is 9.59 Å². The molecule has 0 saturated carbocycles. The molecule has 0 aliphatic carbocycles. The number of aromatic amines is 1. The molecule has 2 N–H and O–H groups in total. The van der Waals surface area contributed by atoms with E-state index in [4.69, 9.17) is 4.74 Å². The van der Waals surface area contributed by atoms with Gasteiger partial charge in [0, 0.05) is 25.3 Å². The highest BCUT2D eigenvalue weighted by Gasteiger charge is 2.31. The Hall–Kier alpha value is -2.31. The molecule has 1 aromatic heterocycles. The van der Waals surface area contributed by atoms with Crippen LogP contribution in [0, 0.1) is 19.8 Å². The Balaban J connectivity index is 2.11. The van der Waals surface area contributed by atoms with Gasteiger partial charge in [0.05, 0.1) is 17.6 Å². The fourth-order valence-electron chi connectivity index (χ4n) is 3.61. The van der Waals surface area contributed by atoms with E-state index < -0.39 is 5.97 Å². The van der Waals surface area contributed by atoms with Crippen molar-refractivity contribution in [1.29, 1.82) is 0 Å². The molecule has 1 aliphatic rings. The first-order valence-corrected chi connectivity index (χ1v) is 10.2. The van der Waals surface area contributed by atoms with Crippen molar-refractivity contribution in [1.82, 2.24) is 15.2 Å². The molecule has 0 unspecified atom stereocenters. The topological polar surface area (TPSA) is 91.5 Å². The van der Waals surface area contributed by atoms with Gasteiger partial charge in [0.2, 0.25) is 5.91 Å². The van der Waals surface area contributed by atoms with Gasteiger partial charge in [-0.1, -0.05) is 13.3 Å². The molecule has 2 rings (SSSR count). The average Bonchev–Trinajstić information content (AvgIpc) is 2.95. The molecule has 2 amide bonds. The second-order valence-corrected chi connectivity index (χ2v) is 7.81. The summed E-state index contributed by atoms with van der Waals surface area (Å²) in [5, 5.41) is 2.96. The van der Waals surface area contributed by atoms with Gasteiger partial charge in [-0.15, -0.1) is 0 Å². The van der Waals surface area contributed by atoms with Gasteiger partial charge >= 0.3 is 5.97 Å². The summed E-state index contributed by atoms with van der Waals surface area (Å²) in [4.78, 5) is 42.6. The molecular formula is C21H33N3O4. The van der Waals surface area contributed by atoms with E-state index in [-0.39, 0.29) is 23.8 Å². The number of hydrogen-bond donors (Lipinski definition) is 2. The van der Waals surface area contributed by atoms with Gasteiger partial charge in [-0.2, -0.15) is 0 Å². The van der Waals surface area contributed by atoms with Crippen LogP contribution >= 0.6 is 0 Å². The average molecular weight is 392 g/mol. The van der Waals surface area contributed by atoms with Crippen molar-refractivity contribution in [2.45, 2.75) is 66.4 Å². The van der Waals surface area contributed by atoms with E-state index in [0.29, 0.717) is 42.1 Å². The lowest BCUT2D eigenvalue weighted by Gasteiger charge is -2.32. The molecule has 0 spiro atoms.